The molecule has 0 fully saturated rings. The van der Waals surface area contributed by atoms with Gasteiger partial charge in [-0.25, -0.2) is 9.78 Å². The Kier molecular flexibility index (Phi) is 5.40. The molecule has 0 spiro atoms. The first-order chi connectivity index (χ1) is 13.8. The van der Waals surface area contributed by atoms with Crippen molar-refractivity contribution in [2.75, 3.05) is 0 Å². The van der Waals surface area contributed by atoms with Crippen LogP contribution in [0.5, 0.6) is 11.5 Å². The normalized spacial score (nSPS) is 10.4. The number of hydrogen-bond donors (Lipinski definition) is 0. The maximum atomic E-state index is 12.4. The van der Waals surface area contributed by atoms with E-state index in [1.807, 2.05) is 60.7 Å². The lowest BCUT2D eigenvalue weighted by Gasteiger charge is -2.11. The quantitative estimate of drug-likeness (QED) is 0.417. The molecule has 0 N–H and O–H groups in total. The van der Waals surface area contributed by atoms with Crippen LogP contribution in [0.3, 0.4) is 0 Å². The van der Waals surface area contributed by atoms with Crippen LogP contribution in [0.4, 0.5) is 0 Å². The van der Waals surface area contributed by atoms with E-state index in [1.165, 1.54) is 11.3 Å². The van der Waals surface area contributed by atoms with Crippen LogP contribution in [0.25, 0.3) is 10.6 Å². The van der Waals surface area contributed by atoms with E-state index in [2.05, 4.69) is 9.97 Å². The van der Waals surface area contributed by atoms with Gasteiger partial charge in [-0.1, -0.05) is 48.5 Å². The summed E-state index contributed by atoms with van der Waals surface area (Å²) in [5, 5.41) is 2.50. The topological polar surface area (TPSA) is 61.3 Å². The molecule has 0 aliphatic carbocycles. The number of hydrogen-bond acceptors (Lipinski definition) is 6. The van der Waals surface area contributed by atoms with Crippen molar-refractivity contribution in [3.63, 3.8) is 0 Å². The minimum atomic E-state index is -0.463. The van der Waals surface area contributed by atoms with Crippen LogP contribution in [0.15, 0.2) is 84.5 Å². The zero-order valence-electron chi connectivity index (χ0n) is 14.8. The predicted molar refractivity (Wildman–Crippen MR) is 107 cm³/mol. The standard InChI is InChI=1S/C22H16N2O3S/c25-22(19-15-28-21(24-19)16-7-2-1-3-8-16)26-14-17-9-4-5-11-20(17)27-18-10-6-12-23-13-18/h1-13,15H,14H2. The van der Waals surface area contributed by atoms with Crippen LogP contribution in [-0.4, -0.2) is 15.9 Å². The van der Waals surface area contributed by atoms with E-state index < -0.39 is 5.97 Å². The van der Waals surface area contributed by atoms with Gasteiger partial charge in [-0.15, -0.1) is 11.3 Å². The van der Waals surface area contributed by atoms with Gasteiger partial charge in [0.05, 0.1) is 6.20 Å². The number of thiazole rings is 1. The first-order valence-electron chi connectivity index (χ1n) is 8.63. The van der Waals surface area contributed by atoms with Crippen molar-refractivity contribution < 1.29 is 14.3 Å². The van der Waals surface area contributed by atoms with E-state index in [1.54, 1.807) is 23.8 Å². The predicted octanol–water partition coefficient (Wildman–Crippen LogP) is 5.35. The first-order valence-corrected chi connectivity index (χ1v) is 9.51. The van der Waals surface area contributed by atoms with Crippen LogP contribution >= 0.6 is 11.3 Å². The van der Waals surface area contributed by atoms with E-state index in [4.69, 9.17) is 9.47 Å². The molecule has 6 heteroatoms. The molecule has 0 bridgehead atoms. The molecule has 2 heterocycles. The zero-order valence-corrected chi connectivity index (χ0v) is 15.6. The van der Waals surface area contributed by atoms with Crippen LogP contribution < -0.4 is 4.74 Å². The monoisotopic (exact) mass is 388 g/mol. The van der Waals surface area contributed by atoms with Crippen molar-refractivity contribution in [2.45, 2.75) is 6.61 Å². The number of pyridine rings is 1. The van der Waals surface area contributed by atoms with Gasteiger partial charge in [-0.3, -0.25) is 4.98 Å². The van der Waals surface area contributed by atoms with Gasteiger partial charge in [0, 0.05) is 22.7 Å². The maximum absolute atomic E-state index is 12.4. The molecule has 0 amide bonds. The third-order valence-corrected chi connectivity index (χ3v) is 4.82. The number of benzene rings is 2. The smallest absolute Gasteiger partial charge is 0.358 e. The van der Waals surface area contributed by atoms with Gasteiger partial charge in [0.25, 0.3) is 0 Å². The summed E-state index contributed by atoms with van der Waals surface area (Å²) in [4.78, 5) is 20.8. The van der Waals surface area contributed by atoms with Gasteiger partial charge in [-0.05, 0) is 18.2 Å². The lowest BCUT2D eigenvalue weighted by Crippen LogP contribution is -2.06. The highest BCUT2D eigenvalue weighted by molar-refractivity contribution is 7.13. The van der Waals surface area contributed by atoms with Gasteiger partial charge < -0.3 is 9.47 Å². The number of nitrogens with zero attached hydrogens (tertiary/aromatic N) is 2. The number of ether oxygens (including phenoxy) is 2. The average molecular weight is 388 g/mol. The molecule has 4 rings (SSSR count). The number of carbonyl (C=O) groups is 1. The fourth-order valence-electron chi connectivity index (χ4n) is 2.56. The Morgan fingerprint density at radius 3 is 2.61 bits per heavy atom. The summed E-state index contributed by atoms with van der Waals surface area (Å²) in [6.45, 7) is 0.0907. The van der Waals surface area contributed by atoms with Crippen LogP contribution in [0.1, 0.15) is 16.1 Å². The molecule has 0 aliphatic heterocycles. The maximum Gasteiger partial charge on any atom is 0.358 e. The highest BCUT2D eigenvalue weighted by atomic mass is 32.1. The Hall–Kier alpha value is -3.51. The summed E-state index contributed by atoms with van der Waals surface area (Å²) in [7, 11) is 0. The second-order valence-corrected chi connectivity index (χ2v) is 6.74. The zero-order chi connectivity index (χ0) is 19.2. The van der Waals surface area contributed by atoms with Crippen molar-refractivity contribution in [3.8, 4) is 22.1 Å². The lowest BCUT2D eigenvalue weighted by atomic mass is 10.2. The van der Waals surface area contributed by atoms with Crippen molar-refractivity contribution >= 4 is 17.3 Å². The molecular weight excluding hydrogens is 372 g/mol. The Labute approximate surface area is 166 Å². The summed E-state index contributed by atoms with van der Waals surface area (Å²) in [5.74, 6) is 0.773. The SMILES string of the molecule is O=C(OCc1ccccc1Oc1cccnc1)c1csc(-c2ccccc2)n1. The summed E-state index contributed by atoms with van der Waals surface area (Å²) < 4.78 is 11.3. The molecule has 0 saturated heterocycles. The number of para-hydroxylation sites is 1. The summed E-state index contributed by atoms with van der Waals surface area (Å²) >= 11 is 1.41. The average Bonchev–Trinajstić information content (AvgIpc) is 3.25. The van der Waals surface area contributed by atoms with Gasteiger partial charge >= 0.3 is 5.97 Å². The second kappa shape index (κ2) is 8.45. The molecule has 28 heavy (non-hydrogen) atoms. The van der Waals surface area contributed by atoms with Gasteiger partial charge in [0.15, 0.2) is 5.69 Å². The van der Waals surface area contributed by atoms with Crippen LogP contribution in [0, 0.1) is 0 Å². The Bertz CT molecular complexity index is 1070. The number of esters is 1. The van der Waals surface area contributed by atoms with E-state index in [9.17, 15) is 4.79 Å². The Balaban J connectivity index is 1.44. The molecule has 4 aromatic rings. The summed E-state index contributed by atoms with van der Waals surface area (Å²) in [6.07, 6.45) is 3.31. The molecule has 2 aromatic heterocycles. The van der Waals surface area contributed by atoms with E-state index in [-0.39, 0.29) is 6.61 Å². The number of aromatic nitrogens is 2. The van der Waals surface area contributed by atoms with Gasteiger partial charge in [0.1, 0.15) is 23.1 Å². The highest BCUT2D eigenvalue weighted by Crippen LogP contribution is 2.26. The van der Waals surface area contributed by atoms with Crippen molar-refractivity contribution in [1.29, 1.82) is 0 Å². The van der Waals surface area contributed by atoms with Crippen molar-refractivity contribution in [3.05, 3.63) is 95.8 Å². The molecular formula is C22H16N2O3S. The van der Waals surface area contributed by atoms with Crippen LogP contribution in [-0.2, 0) is 11.3 Å². The number of rotatable bonds is 6. The van der Waals surface area contributed by atoms with Crippen LogP contribution in [0.2, 0.25) is 0 Å². The molecule has 0 saturated carbocycles. The van der Waals surface area contributed by atoms with E-state index in [0.29, 0.717) is 17.2 Å². The molecule has 5 nitrogen and oxygen atoms in total. The lowest BCUT2D eigenvalue weighted by molar-refractivity contribution is 0.0465. The fourth-order valence-corrected chi connectivity index (χ4v) is 3.35. The highest BCUT2D eigenvalue weighted by Gasteiger charge is 2.14. The largest absolute Gasteiger partial charge is 0.456 e. The second-order valence-electron chi connectivity index (χ2n) is 5.88. The minimum Gasteiger partial charge on any atom is -0.456 e. The molecule has 0 radical (unpaired) electrons. The van der Waals surface area contributed by atoms with Gasteiger partial charge in [-0.2, -0.15) is 0 Å². The molecule has 138 valence electrons. The minimum absolute atomic E-state index is 0.0907. The molecule has 2 aromatic carbocycles. The molecule has 0 atom stereocenters. The first kappa shape index (κ1) is 17.9. The summed E-state index contributed by atoms with van der Waals surface area (Å²) in [5.41, 5.74) is 2.04. The number of carbonyl (C=O) groups excluding carboxylic acids is 1. The Morgan fingerprint density at radius 1 is 0.964 bits per heavy atom. The van der Waals surface area contributed by atoms with Gasteiger partial charge in [0.2, 0.25) is 0 Å². The fraction of sp³-hybridized carbons (Fsp3) is 0.0455. The Morgan fingerprint density at radius 2 is 1.79 bits per heavy atom. The van der Waals surface area contributed by atoms with Crippen molar-refractivity contribution in [1.82, 2.24) is 9.97 Å². The summed E-state index contributed by atoms with van der Waals surface area (Å²) in [6, 6.07) is 20.8. The molecule has 0 aliphatic rings. The third-order valence-electron chi connectivity index (χ3n) is 3.93. The molecule has 0 unspecified atom stereocenters. The van der Waals surface area contributed by atoms with E-state index >= 15 is 0 Å². The van der Waals surface area contributed by atoms with E-state index in [0.717, 1.165) is 16.1 Å². The van der Waals surface area contributed by atoms with Crippen molar-refractivity contribution in [2.24, 2.45) is 0 Å². The third kappa shape index (κ3) is 4.24.